The molecule has 0 radical (unpaired) electrons. The fourth-order valence-corrected chi connectivity index (χ4v) is 2.86. The van der Waals surface area contributed by atoms with E-state index in [0.717, 1.165) is 25.6 Å². The molecule has 0 amide bonds. The van der Waals surface area contributed by atoms with Crippen molar-refractivity contribution < 1.29 is 0 Å². The second-order valence-electron chi connectivity index (χ2n) is 5.77. The van der Waals surface area contributed by atoms with Gasteiger partial charge in [0, 0.05) is 25.3 Å². The Balaban J connectivity index is 1.77. The van der Waals surface area contributed by atoms with Crippen LogP contribution in [0.1, 0.15) is 24.0 Å². The number of aryl methyl sites for hydroxylation is 2. The second-order valence-corrected chi connectivity index (χ2v) is 5.77. The summed E-state index contributed by atoms with van der Waals surface area (Å²) in [5, 5.41) is 3.61. The monoisotopic (exact) mass is 261 g/mol. The van der Waals surface area contributed by atoms with Crippen LogP contribution in [0, 0.1) is 19.8 Å². The topological polar surface area (TPSA) is 41.3 Å². The van der Waals surface area contributed by atoms with Gasteiger partial charge in [-0.25, -0.2) is 0 Å². The predicted octanol–water partition coefficient (Wildman–Crippen LogP) is 2.39. The Hall–Kier alpha value is -1.06. The van der Waals surface area contributed by atoms with E-state index in [1.165, 1.54) is 42.7 Å². The van der Waals surface area contributed by atoms with Gasteiger partial charge in [-0.2, -0.15) is 0 Å². The molecule has 1 aliphatic rings. The smallest absolute Gasteiger partial charge is 0.0370 e. The van der Waals surface area contributed by atoms with Crippen molar-refractivity contribution in [1.29, 1.82) is 0 Å². The third-order valence-corrected chi connectivity index (χ3v) is 4.12. The highest BCUT2D eigenvalue weighted by Gasteiger charge is 2.18. The molecule has 3 N–H and O–H groups in total. The Labute approximate surface area is 117 Å². The number of hydrogen-bond donors (Lipinski definition) is 2. The van der Waals surface area contributed by atoms with Crippen molar-refractivity contribution in [3.05, 3.63) is 29.3 Å². The number of hydrogen-bond acceptors (Lipinski definition) is 3. The molecular formula is C16H27N3. The first-order chi connectivity index (χ1) is 9.19. The van der Waals surface area contributed by atoms with Crippen LogP contribution in [0.15, 0.2) is 18.2 Å². The summed E-state index contributed by atoms with van der Waals surface area (Å²) in [5.41, 5.74) is 9.57. The second kappa shape index (κ2) is 6.92. The molecule has 0 aromatic heterocycles. The van der Waals surface area contributed by atoms with E-state index in [1.807, 2.05) is 0 Å². The van der Waals surface area contributed by atoms with Crippen LogP contribution in [0.3, 0.4) is 0 Å². The highest BCUT2D eigenvalue weighted by Crippen LogP contribution is 2.20. The molecule has 3 nitrogen and oxygen atoms in total. The van der Waals surface area contributed by atoms with E-state index in [1.54, 1.807) is 0 Å². The van der Waals surface area contributed by atoms with Crippen molar-refractivity contribution >= 4 is 5.69 Å². The number of nitrogens with two attached hydrogens (primary N) is 1. The number of likely N-dealkylation sites (tertiary alicyclic amines) is 1. The van der Waals surface area contributed by atoms with E-state index < -0.39 is 0 Å². The molecule has 0 atom stereocenters. The zero-order valence-electron chi connectivity index (χ0n) is 12.3. The fraction of sp³-hybridized carbons (Fsp3) is 0.625. The lowest BCUT2D eigenvalue weighted by molar-refractivity contribution is 0.194. The SMILES string of the molecule is Cc1ccc(NCC2CCN(CCN)CC2)c(C)c1. The summed E-state index contributed by atoms with van der Waals surface area (Å²) < 4.78 is 0. The Morgan fingerprint density at radius 3 is 2.63 bits per heavy atom. The van der Waals surface area contributed by atoms with Crippen LogP contribution in [0.25, 0.3) is 0 Å². The van der Waals surface area contributed by atoms with E-state index in [-0.39, 0.29) is 0 Å². The molecule has 0 unspecified atom stereocenters. The minimum atomic E-state index is 0.783. The molecule has 1 aliphatic heterocycles. The van der Waals surface area contributed by atoms with Crippen molar-refractivity contribution in [1.82, 2.24) is 4.90 Å². The molecule has 2 rings (SSSR count). The average molecular weight is 261 g/mol. The Morgan fingerprint density at radius 1 is 1.26 bits per heavy atom. The van der Waals surface area contributed by atoms with Crippen molar-refractivity contribution in [3.8, 4) is 0 Å². The molecule has 0 bridgehead atoms. The Kier molecular flexibility index (Phi) is 5.23. The van der Waals surface area contributed by atoms with E-state index in [9.17, 15) is 0 Å². The summed E-state index contributed by atoms with van der Waals surface area (Å²) in [6, 6.07) is 6.62. The number of rotatable bonds is 5. The summed E-state index contributed by atoms with van der Waals surface area (Å²) in [5.74, 6) is 0.801. The minimum Gasteiger partial charge on any atom is -0.385 e. The van der Waals surface area contributed by atoms with E-state index in [4.69, 9.17) is 5.73 Å². The van der Waals surface area contributed by atoms with Gasteiger partial charge in [0.1, 0.15) is 0 Å². The highest BCUT2D eigenvalue weighted by atomic mass is 15.1. The number of nitrogens with one attached hydrogen (secondary N) is 1. The molecule has 0 spiro atoms. The van der Waals surface area contributed by atoms with Crippen molar-refractivity contribution in [2.45, 2.75) is 26.7 Å². The van der Waals surface area contributed by atoms with Gasteiger partial charge in [-0.3, -0.25) is 0 Å². The third-order valence-electron chi connectivity index (χ3n) is 4.12. The lowest BCUT2D eigenvalue weighted by atomic mass is 9.96. The van der Waals surface area contributed by atoms with Gasteiger partial charge in [0.05, 0.1) is 0 Å². The summed E-state index contributed by atoms with van der Waals surface area (Å²) in [6.45, 7) is 9.67. The molecular weight excluding hydrogens is 234 g/mol. The summed E-state index contributed by atoms with van der Waals surface area (Å²) >= 11 is 0. The highest BCUT2D eigenvalue weighted by molar-refractivity contribution is 5.51. The Bertz CT molecular complexity index is 395. The zero-order valence-corrected chi connectivity index (χ0v) is 12.3. The summed E-state index contributed by atoms with van der Waals surface area (Å²) in [7, 11) is 0. The number of nitrogens with zero attached hydrogens (tertiary/aromatic N) is 1. The maximum Gasteiger partial charge on any atom is 0.0370 e. The van der Waals surface area contributed by atoms with Crippen LogP contribution in [-0.4, -0.2) is 37.6 Å². The van der Waals surface area contributed by atoms with Gasteiger partial charge in [-0.1, -0.05) is 17.7 Å². The number of piperidine rings is 1. The van der Waals surface area contributed by atoms with Crippen LogP contribution in [0.2, 0.25) is 0 Å². The van der Waals surface area contributed by atoms with Gasteiger partial charge in [-0.15, -0.1) is 0 Å². The van der Waals surface area contributed by atoms with Crippen LogP contribution in [0.5, 0.6) is 0 Å². The maximum absolute atomic E-state index is 5.60. The van der Waals surface area contributed by atoms with Crippen molar-refractivity contribution in [2.24, 2.45) is 11.7 Å². The van der Waals surface area contributed by atoms with Gasteiger partial charge in [0.25, 0.3) is 0 Å². The first kappa shape index (κ1) is 14.4. The molecule has 1 aromatic carbocycles. The van der Waals surface area contributed by atoms with Crippen molar-refractivity contribution in [2.75, 3.05) is 38.0 Å². The molecule has 106 valence electrons. The standard InChI is InChI=1S/C16H27N3/c1-13-3-4-16(14(2)11-13)18-12-15-5-8-19(9-6-15)10-7-17/h3-4,11,15,18H,5-10,12,17H2,1-2H3. The lowest BCUT2D eigenvalue weighted by Gasteiger charge is -2.31. The average Bonchev–Trinajstić information content (AvgIpc) is 2.40. The first-order valence-corrected chi connectivity index (χ1v) is 7.42. The van der Waals surface area contributed by atoms with Crippen molar-refractivity contribution in [3.63, 3.8) is 0 Å². The Morgan fingerprint density at radius 2 is 2.00 bits per heavy atom. The molecule has 0 aliphatic carbocycles. The van der Waals surface area contributed by atoms with Crippen LogP contribution >= 0.6 is 0 Å². The quantitative estimate of drug-likeness (QED) is 0.855. The molecule has 1 heterocycles. The zero-order chi connectivity index (χ0) is 13.7. The van der Waals surface area contributed by atoms with Crippen LogP contribution in [-0.2, 0) is 0 Å². The number of anilines is 1. The van der Waals surface area contributed by atoms with Gasteiger partial charge < -0.3 is 16.0 Å². The van der Waals surface area contributed by atoms with E-state index >= 15 is 0 Å². The lowest BCUT2D eigenvalue weighted by Crippen LogP contribution is -2.38. The summed E-state index contributed by atoms with van der Waals surface area (Å²) in [6.07, 6.45) is 2.58. The van der Waals surface area contributed by atoms with Crippen LogP contribution in [0.4, 0.5) is 5.69 Å². The predicted molar refractivity (Wildman–Crippen MR) is 82.6 cm³/mol. The molecule has 0 saturated carbocycles. The number of benzene rings is 1. The summed E-state index contributed by atoms with van der Waals surface area (Å²) in [4.78, 5) is 2.48. The van der Waals surface area contributed by atoms with Gasteiger partial charge in [0.2, 0.25) is 0 Å². The molecule has 19 heavy (non-hydrogen) atoms. The van der Waals surface area contributed by atoms with E-state index in [2.05, 4.69) is 42.3 Å². The molecule has 1 fully saturated rings. The molecule has 3 heteroatoms. The third kappa shape index (κ3) is 4.22. The fourth-order valence-electron chi connectivity index (χ4n) is 2.86. The van der Waals surface area contributed by atoms with Gasteiger partial charge >= 0.3 is 0 Å². The van der Waals surface area contributed by atoms with Gasteiger partial charge in [-0.05, 0) is 57.3 Å². The normalized spacial score (nSPS) is 17.6. The van der Waals surface area contributed by atoms with Crippen LogP contribution < -0.4 is 11.1 Å². The largest absolute Gasteiger partial charge is 0.385 e. The van der Waals surface area contributed by atoms with E-state index in [0.29, 0.717) is 0 Å². The first-order valence-electron chi connectivity index (χ1n) is 7.42. The molecule has 1 aromatic rings. The maximum atomic E-state index is 5.60. The molecule has 1 saturated heterocycles. The minimum absolute atomic E-state index is 0.783. The van der Waals surface area contributed by atoms with Gasteiger partial charge in [0.15, 0.2) is 0 Å².